The summed E-state index contributed by atoms with van der Waals surface area (Å²) in [6.45, 7) is 1.48. The Morgan fingerprint density at radius 2 is 1.65 bits per heavy atom. The largest absolute Gasteiger partial charge is 0.351 e. The summed E-state index contributed by atoms with van der Waals surface area (Å²) in [5, 5.41) is 2.96. The van der Waals surface area contributed by atoms with Crippen LogP contribution in [0.2, 0.25) is 0 Å². The minimum absolute atomic E-state index is 0.0219. The van der Waals surface area contributed by atoms with Crippen LogP contribution in [-0.4, -0.2) is 38.0 Å². The van der Waals surface area contributed by atoms with Gasteiger partial charge < -0.3 is 10.2 Å². The predicted octanol–water partition coefficient (Wildman–Crippen LogP) is 2.65. The van der Waals surface area contributed by atoms with Gasteiger partial charge in [-0.1, -0.05) is 48.5 Å². The normalized spacial score (nSPS) is 10.6. The van der Waals surface area contributed by atoms with Crippen molar-refractivity contribution in [2.75, 3.05) is 27.2 Å². The second kappa shape index (κ2) is 6.87. The van der Waals surface area contributed by atoms with Crippen molar-refractivity contribution in [2.24, 2.45) is 0 Å². The van der Waals surface area contributed by atoms with Gasteiger partial charge in [0.1, 0.15) is 0 Å². The second-order valence-electron chi connectivity index (χ2n) is 4.97. The summed E-state index contributed by atoms with van der Waals surface area (Å²) in [6.07, 6.45) is 0. The lowest BCUT2D eigenvalue weighted by atomic mass is 9.99. The molecule has 0 heterocycles. The van der Waals surface area contributed by atoms with Crippen molar-refractivity contribution in [1.82, 2.24) is 10.2 Å². The van der Waals surface area contributed by atoms with E-state index in [0.29, 0.717) is 6.54 Å². The smallest absolute Gasteiger partial charge is 0.251 e. The molecule has 0 aliphatic rings. The summed E-state index contributed by atoms with van der Waals surface area (Å²) in [5.41, 5.74) is 2.75. The number of carbonyl (C=O) groups excluding carboxylic acids is 1. The Morgan fingerprint density at radius 1 is 1.00 bits per heavy atom. The molecule has 0 unspecified atom stereocenters. The monoisotopic (exact) mass is 268 g/mol. The zero-order valence-electron chi connectivity index (χ0n) is 12.0. The fourth-order valence-corrected chi connectivity index (χ4v) is 2.04. The molecule has 0 atom stereocenters. The van der Waals surface area contributed by atoms with Crippen molar-refractivity contribution in [3.8, 4) is 11.1 Å². The third-order valence-corrected chi connectivity index (χ3v) is 3.10. The Morgan fingerprint density at radius 3 is 2.35 bits per heavy atom. The highest BCUT2D eigenvalue weighted by Gasteiger charge is 2.11. The molecule has 1 N–H and O–H groups in total. The van der Waals surface area contributed by atoms with Gasteiger partial charge in [0.25, 0.3) is 5.91 Å². The van der Waals surface area contributed by atoms with Gasteiger partial charge in [-0.3, -0.25) is 4.79 Å². The number of rotatable bonds is 5. The SMILES string of the molecule is CN(C)CCNC(=O)c1ccccc1-c1ccccc1. The lowest BCUT2D eigenvalue weighted by Crippen LogP contribution is -2.31. The summed E-state index contributed by atoms with van der Waals surface area (Å²) >= 11 is 0. The number of nitrogens with one attached hydrogen (secondary N) is 1. The molecule has 3 nitrogen and oxygen atoms in total. The molecule has 0 fully saturated rings. The quantitative estimate of drug-likeness (QED) is 0.904. The molecule has 0 bridgehead atoms. The molecule has 3 heteroatoms. The second-order valence-corrected chi connectivity index (χ2v) is 4.97. The molecule has 0 saturated heterocycles. The van der Waals surface area contributed by atoms with E-state index in [1.54, 1.807) is 0 Å². The van der Waals surface area contributed by atoms with Crippen molar-refractivity contribution < 1.29 is 4.79 Å². The molecule has 0 radical (unpaired) electrons. The van der Waals surface area contributed by atoms with Crippen LogP contribution in [0.25, 0.3) is 11.1 Å². The van der Waals surface area contributed by atoms with Crippen LogP contribution in [0.3, 0.4) is 0 Å². The Balaban J connectivity index is 2.18. The highest BCUT2D eigenvalue weighted by molar-refractivity contribution is 6.00. The number of hydrogen-bond acceptors (Lipinski definition) is 2. The van der Waals surface area contributed by atoms with Gasteiger partial charge in [-0.15, -0.1) is 0 Å². The van der Waals surface area contributed by atoms with E-state index in [-0.39, 0.29) is 5.91 Å². The maximum Gasteiger partial charge on any atom is 0.251 e. The summed E-state index contributed by atoms with van der Waals surface area (Å²) in [4.78, 5) is 14.3. The maximum absolute atomic E-state index is 12.3. The minimum atomic E-state index is -0.0219. The molecule has 0 saturated carbocycles. The van der Waals surface area contributed by atoms with Gasteiger partial charge in [0.2, 0.25) is 0 Å². The van der Waals surface area contributed by atoms with Crippen LogP contribution < -0.4 is 5.32 Å². The molecule has 2 rings (SSSR count). The number of amides is 1. The van der Waals surface area contributed by atoms with E-state index in [4.69, 9.17) is 0 Å². The van der Waals surface area contributed by atoms with Gasteiger partial charge in [0, 0.05) is 18.7 Å². The molecular weight excluding hydrogens is 248 g/mol. The van der Waals surface area contributed by atoms with Gasteiger partial charge in [-0.05, 0) is 31.3 Å². The van der Waals surface area contributed by atoms with Crippen molar-refractivity contribution in [2.45, 2.75) is 0 Å². The van der Waals surface area contributed by atoms with Crippen LogP contribution in [0.4, 0.5) is 0 Å². The molecule has 1 amide bonds. The Kier molecular flexibility index (Phi) is 4.91. The topological polar surface area (TPSA) is 32.3 Å². The molecule has 104 valence electrons. The highest BCUT2D eigenvalue weighted by atomic mass is 16.1. The van der Waals surface area contributed by atoms with E-state index in [1.165, 1.54) is 0 Å². The first-order chi connectivity index (χ1) is 9.68. The van der Waals surface area contributed by atoms with Gasteiger partial charge in [0.05, 0.1) is 0 Å². The Bertz CT molecular complexity index is 564. The lowest BCUT2D eigenvalue weighted by molar-refractivity contribution is 0.0951. The predicted molar refractivity (Wildman–Crippen MR) is 82.8 cm³/mol. The van der Waals surface area contributed by atoms with Gasteiger partial charge in [-0.2, -0.15) is 0 Å². The summed E-state index contributed by atoms with van der Waals surface area (Å²) in [5.74, 6) is -0.0219. The van der Waals surface area contributed by atoms with Gasteiger partial charge in [0.15, 0.2) is 0 Å². The van der Waals surface area contributed by atoms with E-state index < -0.39 is 0 Å². The third-order valence-electron chi connectivity index (χ3n) is 3.10. The molecule has 2 aromatic carbocycles. The van der Waals surface area contributed by atoms with Crippen LogP contribution in [0.15, 0.2) is 54.6 Å². The van der Waals surface area contributed by atoms with Crippen LogP contribution in [0.5, 0.6) is 0 Å². The first-order valence-corrected chi connectivity index (χ1v) is 6.76. The van der Waals surface area contributed by atoms with E-state index >= 15 is 0 Å². The zero-order chi connectivity index (χ0) is 14.4. The molecule has 0 aromatic heterocycles. The van der Waals surface area contributed by atoms with Crippen LogP contribution in [0.1, 0.15) is 10.4 Å². The average Bonchev–Trinajstić information content (AvgIpc) is 2.47. The fourth-order valence-electron chi connectivity index (χ4n) is 2.04. The molecule has 0 aliphatic heterocycles. The standard InChI is InChI=1S/C17H20N2O/c1-19(2)13-12-18-17(20)16-11-7-6-10-15(16)14-8-4-3-5-9-14/h3-11H,12-13H2,1-2H3,(H,18,20). The fraction of sp³-hybridized carbons (Fsp3) is 0.235. The highest BCUT2D eigenvalue weighted by Crippen LogP contribution is 2.23. The number of carbonyl (C=O) groups is 1. The number of likely N-dealkylation sites (N-methyl/N-ethyl adjacent to an activating group) is 1. The molecular formula is C17H20N2O. The van der Waals surface area contributed by atoms with E-state index in [9.17, 15) is 4.79 Å². The van der Waals surface area contributed by atoms with Gasteiger partial charge >= 0.3 is 0 Å². The first kappa shape index (κ1) is 14.3. The minimum Gasteiger partial charge on any atom is -0.351 e. The van der Waals surface area contributed by atoms with Crippen molar-refractivity contribution in [3.63, 3.8) is 0 Å². The van der Waals surface area contributed by atoms with Crippen molar-refractivity contribution in [3.05, 3.63) is 60.2 Å². The van der Waals surface area contributed by atoms with E-state index in [0.717, 1.165) is 23.2 Å². The molecule has 20 heavy (non-hydrogen) atoms. The molecule has 2 aromatic rings. The molecule has 0 spiro atoms. The first-order valence-electron chi connectivity index (χ1n) is 6.76. The van der Waals surface area contributed by atoms with Crippen LogP contribution >= 0.6 is 0 Å². The maximum atomic E-state index is 12.3. The van der Waals surface area contributed by atoms with E-state index in [1.807, 2.05) is 73.6 Å². The number of nitrogens with zero attached hydrogens (tertiary/aromatic N) is 1. The van der Waals surface area contributed by atoms with Crippen LogP contribution in [0, 0.1) is 0 Å². The van der Waals surface area contributed by atoms with Crippen molar-refractivity contribution >= 4 is 5.91 Å². The van der Waals surface area contributed by atoms with Crippen LogP contribution in [-0.2, 0) is 0 Å². The number of hydrogen-bond donors (Lipinski definition) is 1. The average molecular weight is 268 g/mol. The Hall–Kier alpha value is -2.13. The Labute approximate surface area is 120 Å². The third kappa shape index (κ3) is 3.68. The van der Waals surface area contributed by atoms with Gasteiger partial charge in [-0.25, -0.2) is 0 Å². The number of benzene rings is 2. The van der Waals surface area contributed by atoms with Crippen molar-refractivity contribution in [1.29, 1.82) is 0 Å². The van der Waals surface area contributed by atoms with E-state index in [2.05, 4.69) is 5.32 Å². The summed E-state index contributed by atoms with van der Waals surface area (Å²) in [7, 11) is 3.98. The summed E-state index contributed by atoms with van der Waals surface area (Å²) in [6, 6.07) is 17.7. The summed E-state index contributed by atoms with van der Waals surface area (Å²) < 4.78 is 0. The lowest BCUT2D eigenvalue weighted by Gasteiger charge is -2.12. The zero-order valence-corrected chi connectivity index (χ0v) is 12.0. The molecule has 0 aliphatic carbocycles.